The van der Waals surface area contributed by atoms with E-state index in [2.05, 4.69) is 0 Å². The smallest absolute Gasteiger partial charge is 0.244 e. The summed E-state index contributed by atoms with van der Waals surface area (Å²) in [4.78, 5) is 9.68. The standard InChI is InChI=1S/C30H29N2O2P/c1-2-34-35(33,23-31-29(25-15-7-3-8-16-25)26-17-9-4-10-18-26)24-32-30(27-19-11-5-12-20-27)28-21-13-6-14-22-28/h3-22H,2,23-24H2,1H3. The van der Waals surface area contributed by atoms with Gasteiger partial charge in [0, 0.05) is 22.3 Å². The minimum absolute atomic E-state index is 0.0559. The molecule has 0 fully saturated rings. The summed E-state index contributed by atoms with van der Waals surface area (Å²) in [6.45, 7) is 2.19. The Balaban J connectivity index is 1.68. The van der Waals surface area contributed by atoms with Crippen LogP contribution in [-0.4, -0.2) is 30.6 Å². The van der Waals surface area contributed by atoms with Crippen LogP contribution in [0.15, 0.2) is 131 Å². The van der Waals surface area contributed by atoms with E-state index in [1.54, 1.807) is 0 Å². The zero-order chi connectivity index (χ0) is 24.3. The third kappa shape index (κ3) is 6.73. The lowest BCUT2D eigenvalue weighted by Crippen LogP contribution is -2.08. The number of benzene rings is 4. The fraction of sp³-hybridized carbons (Fsp3) is 0.133. The molecular weight excluding hydrogens is 451 g/mol. The highest BCUT2D eigenvalue weighted by atomic mass is 31.2. The van der Waals surface area contributed by atoms with Gasteiger partial charge in [-0.15, -0.1) is 0 Å². The molecule has 4 rings (SSSR count). The molecule has 0 aliphatic carbocycles. The molecule has 0 heterocycles. The van der Waals surface area contributed by atoms with Crippen molar-refractivity contribution in [3.8, 4) is 0 Å². The normalized spacial score (nSPS) is 11.0. The lowest BCUT2D eigenvalue weighted by atomic mass is 10.0. The molecule has 0 spiro atoms. The molecule has 4 aromatic rings. The Kier molecular flexibility index (Phi) is 8.56. The minimum Gasteiger partial charge on any atom is -0.326 e. The molecule has 0 radical (unpaired) electrons. The van der Waals surface area contributed by atoms with Crippen LogP contribution in [-0.2, 0) is 9.09 Å². The summed E-state index contributed by atoms with van der Waals surface area (Å²) in [5.41, 5.74) is 5.47. The number of hydrogen-bond acceptors (Lipinski definition) is 4. The fourth-order valence-electron chi connectivity index (χ4n) is 3.80. The van der Waals surface area contributed by atoms with Crippen LogP contribution < -0.4 is 0 Å². The fourth-order valence-corrected chi connectivity index (χ4v) is 5.24. The molecule has 5 heteroatoms. The van der Waals surface area contributed by atoms with Crippen LogP contribution in [0.5, 0.6) is 0 Å². The van der Waals surface area contributed by atoms with Crippen molar-refractivity contribution < 1.29 is 9.09 Å². The largest absolute Gasteiger partial charge is 0.326 e. The molecule has 0 saturated heterocycles. The maximum atomic E-state index is 13.9. The lowest BCUT2D eigenvalue weighted by molar-refractivity contribution is 0.334. The van der Waals surface area contributed by atoms with E-state index in [1.165, 1.54) is 0 Å². The van der Waals surface area contributed by atoms with Crippen LogP contribution in [0.1, 0.15) is 29.2 Å². The van der Waals surface area contributed by atoms with E-state index in [0.29, 0.717) is 6.61 Å². The monoisotopic (exact) mass is 480 g/mol. The molecule has 0 amide bonds. The highest BCUT2D eigenvalue weighted by molar-refractivity contribution is 7.58. The average Bonchev–Trinajstić information content (AvgIpc) is 2.92. The molecule has 0 aromatic heterocycles. The van der Waals surface area contributed by atoms with Gasteiger partial charge in [0.15, 0.2) is 0 Å². The van der Waals surface area contributed by atoms with Gasteiger partial charge >= 0.3 is 0 Å². The van der Waals surface area contributed by atoms with E-state index in [0.717, 1.165) is 33.7 Å². The van der Waals surface area contributed by atoms with Gasteiger partial charge in [0.25, 0.3) is 0 Å². The van der Waals surface area contributed by atoms with Crippen molar-refractivity contribution in [1.82, 2.24) is 0 Å². The number of aliphatic imine (C=N–C) groups is 2. The molecule has 0 saturated carbocycles. The van der Waals surface area contributed by atoms with Crippen molar-refractivity contribution in [1.29, 1.82) is 0 Å². The predicted octanol–water partition coefficient (Wildman–Crippen LogP) is 7.29. The van der Waals surface area contributed by atoms with Crippen LogP contribution in [0.4, 0.5) is 0 Å². The lowest BCUT2D eigenvalue weighted by Gasteiger charge is -2.16. The Morgan fingerprint density at radius 1 is 0.571 bits per heavy atom. The van der Waals surface area contributed by atoms with E-state index in [4.69, 9.17) is 14.5 Å². The SMILES string of the molecule is CCOP(=O)(CN=C(c1ccccc1)c1ccccc1)CN=C(c1ccccc1)c1ccccc1. The van der Waals surface area contributed by atoms with Gasteiger partial charge in [-0.05, 0) is 6.92 Å². The van der Waals surface area contributed by atoms with E-state index in [9.17, 15) is 4.57 Å². The summed E-state index contributed by atoms with van der Waals surface area (Å²) in [6.07, 6.45) is 0.112. The molecule has 0 N–H and O–H groups in total. The summed E-state index contributed by atoms with van der Waals surface area (Å²) in [6, 6.07) is 39.8. The van der Waals surface area contributed by atoms with Crippen molar-refractivity contribution in [2.45, 2.75) is 6.92 Å². The second-order valence-corrected chi connectivity index (χ2v) is 10.4. The number of rotatable bonds is 10. The first-order chi connectivity index (χ1) is 17.2. The van der Waals surface area contributed by atoms with E-state index >= 15 is 0 Å². The Bertz CT molecular complexity index is 1120. The molecule has 176 valence electrons. The van der Waals surface area contributed by atoms with Crippen LogP contribution >= 0.6 is 7.37 Å². The Morgan fingerprint density at radius 2 is 0.857 bits per heavy atom. The van der Waals surface area contributed by atoms with Crippen molar-refractivity contribution in [2.75, 3.05) is 19.2 Å². The van der Waals surface area contributed by atoms with Crippen LogP contribution in [0, 0.1) is 0 Å². The second kappa shape index (κ2) is 12.2. The summed E-state index contributed by atoms with van der Waals surface area (Å²) >= 11 is 0. The van der Waals surface area contributed by atoms with Gasteiger partial charge in [0.2, 0.25) is 7.37 Å². The second-order valence-electron chi connectivity index (χ2n) is 7.99. The van der Waals surface area contributed by atoms with E-state index < -0.39 is 7.37 Å². The molecule has 0 unspecified atom stereocenters. The quantitative estimate of drug-likeness (QED) is 0.177. The van der Waals surface area contributed by atoms with Crippen molar-refractivity contribution in [3.05, 3.63) is 144 Å². The first-order valence-electron chi connectivity index (χ1n) is 11.7. The van der Waals surface area contributed by atoms with Gasteiger partial charge in [-0.25, -0.2) is 0 Å². The van der Waals surface area contributed by atoms with Gasteiger partial charge in [0.05, 0.1) is 18.0 Å². The van der Waals surface area contributed by atoms with Crippen LogP contribution in [0.3, 0.4) is 0 Å². The van der Waals surface area contributed by atoms with Crippen LogP contribution in [0.2, 0.25) is 0 Å². The summed E-state index contributed by atoms with van der Waals surface area (Å²) in [5.74, 6) is 0. The molecule has 0 atom stereocenters. The maximum absolute atomic E-state index is 13.9. The van der Waals surface area contributed by atoms with Gasteiger partial charge in [-0.2, -0.15) is 0 Å². The first kappa shape index (κ1) is 24.5. The first-order valence-corrected chi connectivity index (χ1v) is 13.7. The van der Waals surface area contributed by atoms with E-state index in [-0.39, 0.29) is 12.6 Å². The van der Waals surface area contributed by atoms with Gasteiger partial charge < -0.3 is 4.52 Å². The molecule has 0 aliphatic rings. The highest BCUT2D eigenvalue weighted by Gasteiger charge is 2.23. The topological polar surface area (TPSA) is 51.0 Å². The molecule has 4 nitrogen and oxygen atoms in total. The van der Waals surface area contributed by atoms with Crippen molar-refractivity contribution in [2.24, 2.45) is 9.98 Å². The third-order valence-corrected chi connectivity index (χ3v) is 7.32. The maximum Gasteiger partial charge on any atom is 0.244 e. The summed E-state index contributed by atoms with van der Waals surface area (Å²) < 4.78 is 19.7. The summed E-state index contributed by atoms with van der Waals surface area (Å²) in [7, 11) is -3.18. The Hall–Kier alpha value is -3.59. The van der Waals surface area contributed by atoms with Gasteiger partial charge in [-0.3, -0.25) is 14.5 Å². The molecule has 4 aromatic carbocycles. The van der Waals surface area contributed by atoms with Gasteiger partial charge in [0.1, 0.15) is 12.6 Å². The highest BCUT2D eigenvalue weighted by Crippen LogP contribution is 2.47. The predicted molar refractivity (Wildman–Crippen MR) is 146 cm³/mol. The average molecular weight is 481 g/mol. The zero-order valence-electron chi connectivity index (χ0n) is 19.8. The van der Waals surface area contributed by atoms with Crippen LogP contribution in [0.25, 0.3) is 0 Å². The molecular formula is C30H29N2O2P. The number of hydrogen-bond donors (Lipinski definition) is 0. The minimum atomic E-state index is -3.18. The van der Waals surface area contributed by atoms with E-state index in [1.807, 2.05) is 128 Å². The Morgan fingerprint density at radius 3 is 1.11 bits per heavy atom. The number of nitrogens with zero attached hydrogens (tertiary/aromatic N) is 2. The van der Waals surface area contributed by atoms with Gasteiger partial charge in [-0.1, -0.05) is 121 Å². The molecule has 0 aliphatic heterocycles. The Labute approximate surface area is 207 Å². The molecule has 0 bridgehead atoms. The zero-order valence-corrected chi connectivity index (χ0v) is 20.7. The van der Waals surface area contributed by atoms with Crippen molar-refractivity contribution in [3.63, 3.8) is 0 Å². The van der Waals surface area contributed by atoms with Crippen molar-refractivity contribution >= 4 is 18.8 Å². The summed E-state index contributed by atoms with van der Waals surface area (Å²) in [5, 5.41) is 0. The molecule has 35 heavy (non-hydrogen) atoms. The third-order valence-electron chi connectivity index (χ3n) is 5.44.